The van der Waals surface area contributed by atoms with E-state index in [9.17, 15) is 0 Å². The van der Waals surface area contributed by atoms with Crippen molar-refractivity contribution in [2.45, 2.75) is 45.1 Å². The molecule has 2 heterocycles. The van der Waals surface area contributed by atoms with Crippen molar-refractivity contribution in [2.75, 3.05) is 6.54 Å². The molecule has 1 unspecified atom stereocenters. The monoisotopic (exact) mass is 364 g/mol. The Morgan fingerprint density at radius 2 is 2.29 bits per heavy atom. The average Bonchev–Trinajstić information content (AvgIpc) is 3.06. The first-order chi connectivity index (χ1) is 10.3. The Balaban J connectivity index is 1.77. The molecule has 0 bridgehead atoms. The van der Waals surface area contributed by atoms with Crippen molar-refractivity contribution in [3.63, 3.8) is 0 Å². The molecule has 1 aliphatic carbocycles. The van der Waals surface area contributed by atoms with E-state index < -0.39 is 0 Å². The number of thiophene rings is 1. The molecule has 1 atom stereocenters. The molecule has 0 aliphatic heterocycles. The van der Waals surface area contributed by atoms with Crippen molar-refractivity contribution in [2.24, 2.45) is 0 Å². The van der Waals surface area contributed by atoms with Crippen LogP contribution in [0.5, 0.6) is 0 Å². The third-order valence-electron chi connectivity index (χ3n) is 3.95. The molecule has 112 valence electrons. The number of hydrogen-bond donors (Lipinski definition) is 1. The summed E-state index contributed by atoms with van der Waals surface area (Å²) >= 11 is 5.46. The van der Waals surface area contributed by atoms with E-state index in [4.69, 9.17) is 0 Å². The van der Waals surface area contributed by atoms with Crippen molar-refractivity contribution < 1.29 is 0 Å². The van der Waals surface area contributed by atoms with Gasteiger partial charge in [-0.1, -0.05) is 6.92 Å². The molecule has 0 amide bonds. The molecule has 3 rings (SSSR count). The highest BCUT2D eigenvalue weighted by molar-refractivity contribution is 9.10. The maximum absolute atomic E-state index is 4.53. The average molecular weight is 365 g/mol. The molecule has 0 spiro atoms. The van der Waals surface area contributed by atoms with Crippen LogP contribution in [-0.4, -0.2) is 11.5 Å². The maximum Gasteiger partial charge on any atom is 0.0471 e. The minimum absolute atomic E-state index is 0.397. The minimum Gasteiger partial charge on any atom is -0.309 e. The highest BCUT2D eigenvalue weighted by Crippen LogP contribution is 2.34. The largest absolute Gasteiger partial charge is 0.309 e. The maximum atomic E-state index is 4.53. The third-order valence-corrected chi connectivity index (χ3v) is 5.77. The summed E-state index contributed by atoms with van der Waals surface area (Å²) < 4.78 is 1.04. The third kappa shape index (κ3) is 3.74. The second kappa shape index (κ2) is 7.03. The van der Waals surface area contributed by atoms with Gasteiger partial charge in [-0.2, -0.15) is 0 Å². The summed E-state index contributed by atoms with van der Waals surface area (Å²) in [6.07, 6.45) is 7.89. The van der Waals surface area contributed by atoms with Crippen LogP contribution in [0.15, 0.2) is 28.9 Å². The molecule has 1 aliphatic rings. The summed E-state index contributed by atoms with van der Waals surface area (Å²) in [7, 11) is 0. The lowest BCUT2D eigenvalue weighted by atomic mass is 10.1. The van der Waals surface area contributed by atoms with Crippen LogP contribution in [-0.2, 0) is 19.3 Å². The Morgan fingerprint density at radius 3 is 3.00 bits per heavy atom. The first-order valence-electron chi connectivity index (χ1n) is 7.71. The van der Waals surface area contributed by atoms with Gasteiger partial charge in [0.25, 0.3) is 0 Å². The number of nitrogens with zero attached hydrogens (tertiary/aromatic N) is 1. The number of aryl methyl sites for hydroxylation is 2. The molecule has 1 N–H and O–H groups in total. The first-order valence-corrected chi connectivity index (χ1v) is 9.32. The minimum atomic E-state index is 0.397. The molecule has 0 fully saturated rings. The summed E-state index contributed by atoms with van der Waals surface area (Å²) in [6, 6.07) is 7.02. The zero-order chi connectivity index (χ0) is 14.7. The van der Waals surface area contributed by atoms with Gasteiger partial charge in [0.1, 0.15) is 0 Å². The van der Waals surface area contributed by atoms with E-state index in [0.29, 0.717) is 6.04 Å². The first kappa shape index (κ1) is 15.2. The molecular formula is C17H21BrN2S. The second-order valence-corrected chi connectivity index (χ2v) is 7.71. The standard InChI is InChI=1S/C17H21BrN2S/c1-2-8-19-15(10-14-7-6-13(18)11-20-14)17-9-12-4-3-5-16(12)21-17/h6-7,9,11,15,19H,2-5,8,10H2,1H3. The SMILES string of the molecule is CCCNC(Cc1ccc(Br)cn1)c1cc2c(s1)CCC2. The van der Waals surface area contributed by atoms with Crippen molar-refractivity contribution in [1.82, 2.24) is 10.3 Å². The van der Waals surface area contributed by atoms with Crippen molar-refractivity contribution in [1.29, 1.82) is 0 Å². The lowest BCUT2D eigenvalue weighted by Crippen LogP contribution is -2.23. The molecule has 0 saturated heterocycles. The van der Waals surface area contributed by atoms with Crippen molar-refractivity contribution in [3.8, 4) is 0 Å². The summed E-state index contributed by atoms with van der Waals surface area (Å²) in [4.78, 5) is 7.63. The van der Waals surface area contributed by atoms with E-state index >= 15 is 0 Å². The van der Waals surface area contributed by atoms with E-state index in [1.807, 2.05) is 17.5 Å². The van der Waals surface area contributed by atoms with Crippen molar-refractivity contribution >= 4 is 27.3 Å². The fourth-order valence-corrected chi connectivity index (χ4v) is 4.42. The van der Waals surface area contributed by atoms with E-state index in [1.165, 1.54) is 24.1 Å². The van der Waals surface area contributed by atoms with Gasteiger partial charge in [-0.15, -0.1) is 11.3 Å². The van der Waals surface area contributed by atoms with Gasteiger partial charge in [-0.05, 0) is 71.9 Å². The van der Waals surface area contributed by atoms with Crippen molar-refractivity contribution in [3.05, 3.63) is 49.9 Å². The van der Waals surface area contributed by atoms with Gasteiger partial charge in [0.2, 0.25) is 0 Å². The van der Waals surface area contributed by atoms with Gasteiger partial charge >= 0.3 is 0 Å². The van der Waals surface area contributed by atoms with Crippen LogP contribution in [0.2, 0.25) is 0 Å². The van der Waals surface area contributed by atoms with Crippen LogP contribution in [0.25, 0.3) is 0 Å². The highest BCUT2D eigenvalue weighted by atomic mass is 79.9. The van der Waals surface area contributed by atoms with Gasteiger partial charge in [-0.25, -0.2) is 0 Å². The van der Waals surface area contributed by atoms with Gasteiger partial charge in [-0.3, -0.25) is 4.98 Å². The number of halogens is 1. The Bertz CT molecular complexity index is 570. The molecule has 0 aromatic carbocycles. The Hall–Kier alpha value is -0.710. The van der Waals surface area contributed by atoms with Crippen LogP contribution in [0.4, 0.5) is 0 Å². The van der Waals surface area contributed by atoms with Gasteiger partial charge in [0, 0.05) is 38.6 Å². The number of pyridine rings is 1. The normalized spacial score (nSPS) is 15.1. The summed E-state index contributed by atoms with van der Waals surface area (Å²) in [6.45, 7) is 3.28. The van der Waals surface area contributed by atoms with Crippen LogP contribution in [0.3, 0.4) is 0 Å². The molecule has 2 nitrogen and oxygen atoms in total. The van der Waals surface area contributed by atoms with Crippen LogP contribution in [0, 0.1) is 0 Å². The van der Waals surface area contributed by atoms with E-state index in [1.54, 1.807) is 10.4 Å². The van der Waals surface area contributed by atoms with Crippen LogP contribution in [0.1, 0.15) is 46.8 Å². The fraction of sp³-hybridized carbons (Fsp3) is 0.471. The number of aromatic nitrogens is 1. The zero-order valence-electron chi connectivity index (χ0n) is 12.4. The summed E-state index contributed by atoms with van der Waals surface area (Å²) in [5, 5.41) is 3.70. The number of nitrogens with one attached hydrogen (secondary N) is 1. The Kier molecular flexibility index (Phi) is 5.09. The topological polar surface area (TPSA) is 24.9 Å². The summed E-state index contributed by atoms with van der Waals surface area (Å²) in [5.74, 6) is 0. The molecule has 21 heavy (non-hydrogen) atoms. The van der Waals surface area contributed by atoms with Crippen LogP contribution < -0.4 is 5.32 Å². The zero-order valence-corrected chi connectivity index (χ0v) is 14.8. The fourth-order valence-electron chi connectivity index (χ4n) is 2.85. The predicted molar refractivity (Wildman–Crippen MR) is 93.0 cm³/mol. The van der Waals surface area contributed by atoms with Gasteiger partial charge < -0.3 is 5.32 Å². The lowest BCUT2D eigenvalue weighted by Gasteiger charge is -2.17. The van der Waals surface area contributed by atoms with Crippen LogP contribution >= 0.6 is 27.3 Å². The number of fused-ring (bicyclic) bond motifs is 1. The quantitative estimate of drug-likeness (QED) is 0.804. The molecule has 4 heteroatoms. The highest BCUT2D eigenvalue weighted by Gasteiger charge is 2.20. The Morgan fingerprint density at radius 1 is 1.38 bits per heavy atom. The van der Waals surface area contributed by atoms with E-state index in [-0.39, 0.29) is 0 Å². The molecule has 0 saturated carbocycles. The number of rotatable bonds is 6. The predicted octanol–water partition coefficient (Wildman–Crippen LogP) is 4.68. The lowest BCUT2D eigenvalue weighted by molar-refractivity contribution is 0.531. The molecular weight excluding hydrogens is 344 g/mol. The number of hydrogen-bond acceptors (Lipinski definition) is 3. The molecule has 2 aromatic rings. The van der Waals surface area contributed by atoms with Gasteiger partial charge in [0.15, 0.2) is 0 Å². The Labute approximate surface area is 139 Å². The molecule has 0 radical (unpaired) electrons. The smallest absolute Gasteiger partial charge is 0.0471 e. The molecule has 2 aromatic heterocycles. The summed E-state index contributed by atoms with van der Waals surface area (Å²) in [5.41, 5.74) is 2.74. The van der Waals surface area contributed by atoms with E-state index in [0.717, 1.165) is 29.6 Å². The second-order valence-electron chi connectivity index (χ2n) is 5.63. The van der Waals surface area contributed by atoms with Gasteiger partial charge in [0.05, 0.1) is 0 Å². The van der Waals surface area contributed by atoms with E-state index in [2.05, 4.69) is 51.4 Å².